The molecule has 25 heavy (non-hydrogen) atoms. The number of hydrogen-bond donors (Lipinski definition) is 2. The summed E-state index contributed by atoms with van der Waals surface area (Å²) < 4.78 is 9.46. The number of rotatable bonds is 6. The fraction of sp³-hybridized carbons (Fsp3) is 0.294. The summed E-state index contributed by atoms with van der Waals surface area (Å²) in [5.41, 5.74) is 1.32. The number of benzene rings is 1. The van der Waals surface area contributed by atoms with Crippen molar-refractivity contribution < 1.29 is 24.2 Å². The zero-order valence-corrected chi connectivity index (χ0v) is 15.1. The quantitative estimate of drug-likeness (QED) is 0.263. The van der Waals surface area contributed by atoms with Crippen molar-refractivity contribution in [2.24, 2.45) is 4.99 Å². The molecule has 1 aromatic rings. The minimum absolute atomic E-state index is 0.0451. The van der Waals surface area contributed by atoms with Gasteiger partial charge in [0.1, 0.15) is 5.57 Å². The Labute approximate surface area is 151 Å². The second-order valence-corrected chi connectivity index (χ2v) is 5.15. The highest BCUT2D eigenvalue weighted by Gasteiger charge is 2.21. The maximum atomic E-state index is 11.9. The van der Waals surface area contributed by atoms with Gasteiger partial charge in [-0.2, -0.15) is 0 Å². The van der Waals surface area contributed by atoms with Crippen molar-refractivity contribution in [3.8, 4) is 0 Å². The first-order chi connectivity index (χ1) is 11.9. The second kappa shape index (κ2) is 10.2. The van der Waals surface area contributed by atoms with E-state index in [0.717, 1.165) is 17.5 Å². The topological polar surface area (TPSA) is 97.2 Å². The Balaban J connectivity index is 2.97. The molecule has 0 radical (unpaired) electrons. The number of thiocarbonyl (C=S) groups is 1. The highest BCUT2D eigenvalue weighted by atomic mass is 32.1. The van der Waals surface area contributed by atoms with Gasteiger partial charge in [-0.15, -0.1) is 0 Å². The van der Waals surface area contributed by atoms with Crippen LogP contribution in [0.2, 0.25) is 0 Å². The molecule has 0 saturated carbocycles. The van der Waals surface area contributed by atoms with Gasteiger partial charge in [0.2, 0.25) is 5.76 Å². The molecule has 0 aliphatic carbocycles. The molecular weight excluding hydrogens is 344 g/mol. The molecule has 2 N–H and O–H groups in total. The zero-order chi connectivity index (χ0) is 18.8. The fourth-order valence-corrected chi connectivity index (χ4v) is 1.90. The van der Waals surface area contributed by atoms with E-state index < -0.39 is 23.3 Å². The molecule has 0 heterocycles. The number of aryl methyl sites for hydroxylation is 1. The molecule has 0 amide bonds. The minimum atomic E-state index is -1.05. The van der Waals surface area contributed by atoms with Crippen LogP contribution in [0.4, 0.5) is 5.69 Å². The van der Waals surface area contributed by atoms with Crippen LogP contribution in [-0.4, -0.2) is 41.6 Å². The van der Waals surface area contributed by atoms with E-state index in [0.29, 0.717) is 0 Å². The van der Waals surface area contributed by atoms with E-state index >= 15 is 0 Å². The average molecular weight is 364 g/mol. The zero-order valence-electron chi connectivity index (χ0n) is 14.2. The maximum Gasteiger partial charge on any atom is 0.374 e. The van der Waals surface area contributed by atoms with Gasteiger partial charge < -0.3 is 19.9 Å². The van der Waals surface area contributed by atoms with Gasteiger partial charge in [-0.05, 0) is 50.7 Å². The van der Waals surface area contributed by atoms with Crippen LogP contribution in [0.25, 0.3) is 0 Å². The summed E-state index contributed by atoms with van der Waals surface area (Å²) in [5.74, 6) is -2.84. The van der Waals surface area contributed by atoms with Crippen LogP contribution in [0.1, 0.15) is 19.4 Å². The summed E-state index contributed by atoms with van der Waals surface area (Å²) in [5, 5.41) is 12.8. The first-order valence-electron chi connectivity index (χ1n) is 7.58. The number of ether oxygens (including phenoxy) is 2. The Morgan fingerprint density at radius 2 is 1.88 bits per heavy atom. The van der Waals surface area contributed by atoms with Crippen LogP contribution < -0.4 is 5.32 Å². The lowest BCUT2D eigenvalue weighted by molar-refractivity contribution is -0.143. The Bertz CT molecular complexity index is 713. The third-order valence-electron chi connectivity index (χ3n) is 2.80. The van der Waals surface area contributed by atoms with Crippen molar-refractivity contribution in [1.82, 2.24) is 0 Å². The third-order valence-corrected chi connectivity index (χ3v) is 3.01. The van der Waals surface area contributed by atoms with Gasteiger partial charge in [0.05, 0.1) is 13.2 Å². The van der Waals surface area contributed by atoms with Crippen molar-refractivity contribution in [3.63, 3.8) is 0 Å². The molecule has 0 bridgehead atoms. The first-order valence-corrected chi connectivity index (χ1v) is 7.99. The molecular formula is C17H20N2O5S. The number of aliphatic hydroxyl groups excluding tert-OH is 1. The van der Waals surface area contributed by atoms with Crippen LogP contribution in [0, 0.1) is 6.92 Å². The highest BCUT2D eigenvalue weighted by Crippen LogP contribution is 2.10. The van der Waals surface area contributed by atoms with Gasteiger partial charge in [0, 0.05) is 11.9 Å². The van der Waals surface area contributed by atoms with Gasteiger partial charge >= 0.3 is 11.9 Å². The van der Waals surface area contributed by atoms with Gasteiger partial charge in [-0.1, -0.05) is 12.1 Å². The molecule has 0 saturated heterocycles. The van der Waals surface area contributed by atoms with Crippen molar-refractivity contribution in [3.05, 3.63) is 41.2 Å². The Kier molecular flexibility index (Phi) is 8.28. The van der Waals surface area contributed by atoms with Crippen molar-refractivity contribution in [2.45, 2.75) is 20.8 Å². The molecule has 1 aromatic carbocycles. The third kappa shape index (κ3) is 6.72. The predicted molar refractivity (Wildman–Crippen MR) is 98.8 cm³/mol. The number of hydrogen-bond acceptors (Lipinski definition) is 6. The number of nitrogens with zero attached hydrogens (tertiary/aromatic N) is 1. The molecule has 7 nitrogen and oxygen atoms in total. The first kappa shape index (κ1) is 20.3. The summed E-state index contributed by atoms with van der Waals surface area (Å²) in [6.45, 7) is 5.21. The van der Waals surface area contributed by atoms with E-state index in [2.05, 4.69) is 15.0 Å². The number of anilines is 1. The number of aliphatic hydroxyl groups is 1. The maximum absolute atomic E-state index is 11.9. The molecule has 0 unspecified atom stereocenters. The monoisotopic (exact) mass is 364 g/mol. The standard InChI is InChI=1S/C17H20N2O5S/c1-4-23-15(21)13(14(20)16(22)24-5-2)10-18-17(25)19-12-8-6-7-11(3)9-12/h6-10,20H,4-5H2,1-3H3,(H,19,25)/b14-13+,18-10+. The predicted octanol–water partition coefficient (Wildman–Crippen LogP) is 2.70. The number of esters is 2. The van der Waals surface area contributed by atoms with E-state index in [1.165, 1.54) is 0 Å². The molecule has 0 aliphatic rings. The summed E-state index contributed by atoms with van der Waals surface area (Å²) in [7, 11) is 0. The molecule has 134 valence electrons. The lowest BCUT2D eigenvalue weighted by Crippen LogP contribution is -2.18. The summed E-state index contributed by atoms with van der Waals surface area (Å²) in [6.07, 6.45) is 0.968. The minimum Gasteiger partial charge on any atom is -0.501 e. The summed E-state index contributed by atoms with van der Waals surface area (Å²) in [6, 6.07) is 7.43. The number of aliphatic imine (C=N–C) groups is 1. The van der Waals surface area contributed by atoms with Crippen LogP contribution >= 0.6 is 12.2 Å². The Morgan fingerprint density at radius 3 is 2.48 bits per heavy atom. The van der Waals surface area contributed by atoms with Gasteiger partial charge in [-0.3, -0.25) is 0 Å². The molecule has 0 spiro atoms. The van der Waals surface area contributed by atoms with Crippen LogP contribution in [0.15, 0.2) is 40.6 Å². The van der Waals surface area contributed by atoms with Gasteiger partial charge in [0.25, 0.3) is 0 Å². The molecule has 1 rings (SSSR count). The molecule has 8 heteroatoms. The number of nitrogens with one attached hydrogen (secondary N) is 1. The largest absolute Gasteiger partial charge is 0.501 e. The average Bonchev–Trinajstić information content (AvgIpc) is 2.55. The smallest absolute Gasteiger partial charge is 0.374 e. The van der Waals surface area contributed by atoms with Gasteiger partial charge in [-0.25, -0.2) is 14.6 Å². The van der Waals surface area contributed by atoms with Crippen molar-refractivity contribution in [1.29, 1.82) is 0 Å². The summed E-state index contributed by atoms with van der Waals surface area (Å²) in [4.78, 5) is 27.4. The highest BCUT2D eigenvalue weighted by molar-refractivity contribution is 7.80. The molecule has 0 atom stereocenters. The Morgan fingerprint density at radius 1 is 1.24 bits per heavy atom. The molecule has 0 aliphatic heterocycles. The fourth-order valence-electron chi connectivity index (χ4n) is 1.73. The lowest BCUT2D eigenvalue weighted by Gasteiger charge is -2.07. The van der Waals surface area contributed by atoms with Crippen molar-refractivity contribution >= 4 is 41.2 Å². The number of carbonyl (C=O) groups excluding carboxylic acids is 2. The van der Waals surface area contributed by atoms with E-state index in [-0.39, 0.29) is 18.3 Å². The number of carbonyl (C=O) groups is 2. The lowest BCUT2D eigenvalue weighted by atomic mass is 10.2. The van der Waals surface area contributed by atoms with Crippen LogP contribution in [0.5, 0.6) is 0 Å². The van der Waals surface area contributed by atoms with Crippen LogP contribution in [-0.2, 0) is 19.1 Å². The van der Waals surface area contributed by atoms with E-state index in [4.69, 9.17) is 17.0 Å². The van der Waals surface area contributed by atoms with Crippen molar-refractivity contribution in [2.75, 3.05) is 18.5 Å². The van der Waals surface area contributed by atoms with Gasteiger partial charge in [0.15, 0.2) is 5.11 Å². The SMILES string of the molecule is CCOC(=O)/C(O)=C(/C=N/C(=S)Nc1cccc(C)c1)C(=O)OCC. The molecule has 0 fully saturated rings. The van der Waals surface area contributed by atoms with E-state index in [1.54, 1.807) is 19.9 Å². The normalized spacial score (nSPS) is 11.6. The van der Waals surface area contributed by atoms with E-state index in [9.17, 15) is 14.7 Å². The summed E-state index contributed by atoms with van der Waals surface area (Å²) >= 11 is 5.07. The Hall–Kier alpha value is -2.74. The van der Waals surface area contributed by atoms with E-state index in [1.807, 2.05) is 25.1 Å². The second-order valence-electron chi connectivity index (χ2n) is 4.76. The molecule has 0 aromatic heterocycles. The van der Waals surface area contributed by atoms with Crippen LogP contribution in [0.3, 0.4) is 0 Å².